The molecule has 10 heteroatoms. The van der Waals surface area contributed by atoms with Crippen molar-refractivity contribution in [3.8, 4) is 11.3 Å². The summed E-state index contributed by atoms with van der Waals surface area (Å²) in [7, 11) is 0. The molecule has 1 N–H and O–H groups in total. The Hall–Kier alpha value is -3.08. The van der Waals surface area contributed by atoms with Crippen molar-refractivity contribution in [2.45, 2.75) is 13.3 Å². The molecule has 32 heavy (non-hydrogen) atoms. The lowest BCUT2D eigenvalue weighted by molar-refractivity contribution is 0.0318. The molecule has 0 amide bonds. The van der Waals surface area contributed by atoms with E-state index in [9.17, 15) is 0 Å². The van der Waals surface area contributed by atoms with Crippen LogP contribution in [0.25, 0.3) is 16.2 Å². The average Bonchev–Trinajstić information content (AvgIpc) is 3.41. The summed E-state index contributed by atoms with van der Waals surface area (Å²) >= 11 is 1.55. The standard InChI is InChI=1S/C22H26N8OS/c1-2-30(28-11-13-31-14-12-28)20-4-3-18(15-25-20)19-16-29-22(26-19)32-21(27-29)24-10-7-17-5-8-23-9-6-17/h3-6,8-9,15-16H,2,7,10-14H2,1H3,(H,24,27). The van der Waals surface area contributed by atoms with Crippen LogP contribution in [-0.2, 0) is 11.2 Å². The predicted octanol–water partition coefficient (Wildman–Crippen LogP) is 2.98. The van der Waals surface area contributed by atoms with Gasteiger partial charge in [-0.1, -0.05) is 11.3 Å². The van der Waals surface area contributed by atoms with Crippen molar-refractivity contribution < 1.29 is 4.74 Å². The van der Waals surface area contributed by atoms with Crippen LogP contribution in [0.15, 0.2) is 49.1 Å². The zero-order chi connectivity index (χ0) is 21.8. The number of ether oxygens (including phenoxy) is 1. The number of hydrazine groups is 1. The molecule has 1 aliphatic rings. The van der Waals surface area contributed by atoms with E-state index in [2.05, 4.69) is 44.5 Å². The minimum Gasteiger partial charge on any atom is -0.379 e. The van der Waals surface area contributed by atoms with Gasteiger partial charge in [0.1, 0.15) is 5.82 Å². The van der Waals surface area contributed by atoms with Gasteiger partial charge in [0.15, 0.2) is 0 Å². The maximum Gasteiger partial charge on any atom is 0.214 e. The van der Waals surface area contributed by atoms with E-state index in [1.54, 1.807) is 11.3 Å². The van der Waals surface area contributed by atoms with E-state index in [4.69, 9.17) is 14.7 Å². The van der Waals surface area contributed by atoms with Crippen LogP contribution in [0.1, 0.15) is 12.5 Å². The van der Waals surface area contributed by atoms with Gasteiger partial charge >= 0.3 is 0 Å². The summed E-state index contributed by atoms with van der Waals surface area (Å²) < 4.78 is 7.30. The number of pyridine rings is 2. The molecule has 0 atom stereocenters. The molecule has 0 bridgehead atoms. The molecule has 4 aromatic rings. The lowest BCUT2D eigenvalue weighted by Crippen LogP contribution is -2.49. The van der Waals surface area contributed by atoms with E-state index < -0.39 is 0 Å². The number of aromatic nitrogens is 5. The zero-order valence-corrected chi connectivity index (χ0v) is 18.8. The van der Waals surface area contributed by atoms with E-state index in [1.165, 1.54) is 5.56 Å². The van der Waals surface area contributed by atoms with Gasteiger partial charge in [-0.05, 0) is 43.2 Å². The molecule has 0 aromatic carbocycles. The molecule has 0 aliphatic carbocycles. The second-order valence-electron chi connectivity index (χ2n) is 7.48. The van der Waals surface area contributed by atoms with Crippen LogP contribution in [0.5, 0.6) is 0 Å². The molecule has 1 fully saturated rings. The number of morpholine rings is 1. The van der Waals surface area contributed by atoms with Gasteiger partial charge in [-0.15, -0.1) is 5.10 Å². The third-order valence-corrected chi connectivity index (χ3v) is 6.30. The van der Waals surface area contributed by atoms with Gasteiger partial charge in [-0.25, -0.2) is 19.5 Å². The summed E-state index contributed by atoms with van der Waals surface area (Å²) in [5.41, 5.74) is 3.11. The predicted molar refractivity (Wildman–Crippen MR) is 126 cm³/mol. The van der Waals surface area contributed by atoms with E-state index in [0.29, 0.717) is 0 Å². The van der Waals surface area contributed by atoms with Crippen LogP contribution in [0, 0.1) is 0 Å². The van der Waals surface area contributed by atoms with Crippen molar-refractivity contribution >= 4 is 27.2 Å². The highest BCUT2D eigenvalue weighted by molar-refractivity contribution is 7.20. The summed E-state index contributed by atoms with van der Waals surface area (Å²) in [4.78, 5) is 14.4. The van der Waals surface area contributed by atoms with Crippen molar-refractivity contribution in [2.24, 2.45) is 0 Å². The Labute approximate surface area is 190 Å². The number of fused-ring (bicyclic) bond motifs is 1. The first-order valence-electron chi connectivity index (χ1n) is 10.9. The Morgan fingerprint density at radius 3 is 2.72 bits per heavy atom. The number of anilines is 2. The average molecular weight is 451 g/mol. The lowest BCUT2D eigenvalue weighted by Gasteiger charge is -2.37. The van der Waals surface area contributed by atoms with E-state index in [1.807, 2.05) is 41.4 Å². The molecule has 5 heterocycles. The Morgan fingerprint density at radius 1 is 1.16 bits per heavy atom. The van der Waals surface area contributed by atoms with Gasteiger partial charge in [0.05, 0.1) is 25.1 Å². The minimum absolute atomic E-state index is 0.758. The fourth-order valence-electron chi connectivity index (χ4n) is 3.77. The molecule has 0 saturated carbocycles. The van der Waals surface area contributed by atoms with Gasteiger partial charge < -0.3 is 10.1 Å². The van der Waals surface area contributed by atoms with Crippen molar-refractivity contribution in [3.63, 3.8) is 0 Å². The van der Waals surface area contributed by atoms with E-state index in [0.717, 1.165) is 73.0 Å². The summed E-state index contributed by atoms with van der Waals surface area (Å²) in [6.07, 6.45) is 8.40. The fourth-order valence-corrected chi connectivity index (χ4v) is 4.57. The van der Waals surface area contributed by atoms with Crippen LogP contribution >= 0.6 is 11.3 Å². The van der Waals surface area contributed by atoms with Gasteiger partial charge in [-0.2, -0.15) is 0 Å². The smallest absolute Gasteiger partial charge is 0.214 e. The number of nitrogens with one attached hydrogen (secondary N) is 1. The van der Waals surface area contributed by atoms with Crippen LogP contribution in [0.3, 0.4) is 0 Å². The molecule has 0 radical (unpaired) electrons. The third-order valence-electron chi connectivity index (χ3n) is 5.42. The maximum absolute atomic E-state index is 5.47. The second kappa shape index (κ2) is 9.60. The molecular formula is C22H26N8OS. The van der Waals surface area contributed by atoms with Crippen LogP contribution in [0.2, 0.25) is 0 Å². The lowest BCUT2D eigenvalue weighted by atomic mass is 10.2. The molecule has 1 saturated heterocycles. The van der Waals surface area contributed by atoms with E-state index in [-0.39, 0.29) is 0 Å². The first-order chi connectivity index (χ1) is 15.8. The normalized spacial score (nSPS) is 14.7. The molecule has 0 unspecified atom stereocenters. The summed E-state index contributed by atoms with van der Waals surface area (Å²) in [6.45, 7) is 7.12. The third kappa shape index (κ3) is 4.57. The SMILES string of the molecule is CCN(c1ccc(-c2cn3nc(NCCc4ccncc4)sc3n2)cn1)N1CCOCC1. The monoisotopic (exact) mass is 450 g/mol. The molecule has 166 valence electrons. The van der Waals surface area contributed by atoms with Gasteiger partial charge in [0.25, 0.3) is 0 Å². The minimum atomic E-state index is 0.758. The van der Waals surface area contributed by atoms with Gasteiger partial charge in [-0.3, -0.25) is 9.99 Å². The molecule has 1 aliphatic heterocycles. The summed E-state index contributed by atoms with van der Waals surface area (Å²) in [5, 5.41) is 13.4. The number of hydrogen-bond acceptors (Lipinski definition) is 9. The van der Waals surface area contributed by atoms with E-state index >= 15 is 0 Å². The largest absolute Gasteiger partial charge is 0.379 e. The number of imidazole rings is 1. The Bertz CT molecular complexity index is 1110. The van der Waals surface area contributed by atoms with Crippen LogP contribution in [-0.4, -0.2) is 69.0 Å². The topological polar surface area (TPSA) is 83.7 Å². The van der Waals surface area contributed by atoms with Gasteiger partial charge in [0.2, 0.25) is 10.1 Å². The number of rotatable bonds is 8. The number of nitrogens with zero attached hydrogens (tertiary/aromatic N) is 7. The molecule has 4 aromatic heterocycles. The zero-order valence-electron chi connectivity index (χ0n) is 18.0. The van der Waals surface area contributed by atoms with Crippen LogP contribution in [0.4, 0.5) is 10.9 Å². The maximum atomic E-state index is 5.47. The quantitative estimate of drug-likeness (QED) is 0.439. The second-order valence-corrected chi connectivity index (χ2v) is 8.44. The fraction of sp³-hybridized carbons (Fsp3) is 0.364. The molecule has 5 rings (SSSR count). The first-order valence-corrected chi connectivity index (χ1v) is 11.7. The Morgan fingerprint density at radius 2 is 2.00 bits per heavy atom. The highest BCUT2D eigenvalue weighted by atomic mass is 32.1. The highest BCUT2D eigenvalue weighted by Gasteiger charge is 2.19. The number of hydrogen-bond donors (Lipinski definition) is 1. The first kappa shape index (κ1) is 20.8. The van der Waals surface area contributed by atoms with Crippen molar-refractivity contribution in [3.05, 3.63) is 54.6 Å². The summed E-state index contributed by atoms with van der Waals surface area (Å²) in [6, 6.07) is 8.19. The molecule has 9 nitrogen and oxygen atoms in total. The van der Waals surface area contributed by atoms with Gasteiger partial charge in [0, 0.05) is 50.3 Å². The summed E-state index contributed by atoms with van der Waals surface area (Å²) in [5.74, 6) is 0.943. The van der Waals surface area contributed by atoms with Crippen molar-refractivity contribution in [1.82, 2.24) is 29.6 Å². The van der Waals surface area contributed by atoms with Crippen molar-refractivity contribution in [1.29, 1.82) is 0 Å². The highest BCUT2D eigenvalue weighted by Crippen LogP contribution is 2.25. The Balaban J connectivity index is 1.24. The van der Waals surface area contributed by atoms with Crippen molar-refractivity contribution in [2.75, 3.05) is 49.7 Å². The molecular weight excluding hydrogens is 424 g/mol. The van der Waals surface area contributed by atoms with Crippen LogP contribution < -0.4 is 10.3 Å². The Kier molecular flexibility index (Phi) is 6.24. The molecule has 0 spiro atoms.